The van der Waals surface area contributed by atoms with Crippen LogP contribution in [0.5, 0.6) is 5.75 Å². The molecule has 0 aliphatic heterocycles. The SMILES string of the molecule is CCCOc1cc(/C=C/c2ccccc2)oc(=O)c1. The van der Waals surface area contributed by atoms with Crippen LogP contribution in [0.3, 0.4) is 0 Å². The minimum Gasteiger partial charge on any atom is -0.493 e. The van der Waals surface area contributed by atoms with Crippen LogP contribution in [0.4, 0.5) is 0 Å². The Balaban J connectivity index is 2.18. The van der Waals surface area contributed by atoms with E-state index in [1.165, 1.54) is 6.07 Å². The van der Waals surface area contributed by atoms with Crippen molar-refractivity contribution in [1.29, 1.82) is 0 Å². The first kappa shape index (κ1) is 13.1. The van der Waals surface area contributed by atoms with E-state index in [1.807, 2.05) is 43.3 Å². The van der Waals surface area contributed by atoms with Crippen LogP contribution in [0.25, 0.3) is 12.2 Å². The summed E-state index contributed by atoms with van der Waals surface area (Å²) in [4.78, 5) is 11.4. The van der Waals surface area contributed by atoms with Crippen LogP contribution in [0.2, 0.25) is 0 Å². The van der Waals surface area contributed by atoms with Gasteiger partial charge in [-0.1, -0.05) is 43.3 Å². The standard InChI is InChI=1S/C16H16O3/c1-2-10-18-15-11-14(19-16(17)12-15)9-8-13-6-4-3-5-7-13/h3-9,11-12H,2,10H2,1H3/b9-8+. The lowest BCUT2D eigenvalue weighted by Crippen LogP contribution is -2.02. The molecule has 3 nitrogen and oxygen atoms in total. The molecule has 0 saturated carbocycles. The Morgan fingerprint density at radius 3 is 2.68 bits per heavy atom. The van der Waals surface area contributed by atoms with Crippen molar-refractivity contribution in [3.63, 3.8) is 0 Å². The molecule has 0 aliphatic carbocycles. The van der Waals surface area contributed by atoms with Crippen molar-refractivity contribution in [2.45, 2.75) is 13.3 Å². The lowest BCUT2D eigenvalue weighted by Gasteiger charge is -2.03. The molecule has 0 amide bonds. The second-order valence-electron chi connectivity index (χ2n) is 4.11. The third kappa shape index (κ3) is 4.14. The molecule has 19 heavy (non-hydrogen) atoms. The van der Waals surface area contributed by atoms with Crippen molar-refractivity contribution < 1.29 is 9.15 Å². The van der Waals surface area contributed by atoms with E-state index in [1.54, 1.807) is 12.1 Å². The van der Waals surface area contributed by atoms with Gasteiger partial charge < -0.3 is 9.15 Å². The van der Waals surface area contributed by atoms with E-state index in [-0.39, 0.29) is 0 Å². The van der Waals surface area contributed by atoms with Gasteiger partial charge in [0.2, 0.25) is 0 Å². The monoisotopic (exact) mass is 256 g/mol. The number of ether oxygens (including phenoxy) is 1. The number of rotatable bonds is 5. The first-order chi connectivity index (χ1) is 9.28. The summed E-state index contributed by atoms with van der Waals surface area (Å²) < 4.78 is 10.5. The Kier molecular flexibility index (Phi) is 4.56. The molecule has 98 valence electrons. The number of benzene rings is 1. The van der Waals surface area contributed by atoms with Crippen LogP contribution >= 0.6 is 0 Å². The van der Waals surface area contributed by atoms with Crippen LogP contribution < -0.4 is 10.4 Å². The third-order valence-electron chi connectivity index (χ3n) is 2.48. The average Bonchev–Trinajstić information content (AvgIpc) is 2.43. The van der Waals surface area contributed by atoms with Gasteiger partial charge in [-0.25, -0.2) is 4.79 Å². The molecule has 0 bridgehead atoms. The van der Waals surface area contributed by atoms with E-state index in [0.29, 0.717) is 18.1 Å². The molecule has 0 N–H and O–H groups in total. The highest BCUT2D eigenvalue weighted by molar-refractivity contribution is 5.67. The van der Waals surface area contributed by atoms with E-state index in [2.05, 4.69) is 0 Å². The van der Waals surface area contributed by atoms with Gasteiger partial charge in [0, 0.05) is 6.07 Å². The number of hydrogen-bond acceptors (Lipinski definition) is 3. The summed E-state index contributed by atoms with van der Waals surface area (Å²) in [6.07, 6.45) is 4.55. The smallest absolute Gasteiger partial charge is 0.339 e. The molecule has 0 unspecified atom stereocenters. The predicted octanol–water partition coefficient (Wildman–Crippen LogP) is 3.60. The largest absolute Gasteiger partial charge is 0.493 e. The predicted molar refractivity (Wildman–Crippen MR) is 76.1 cm³/mol. The average molecular weight is 256 g/mol. The van der Waals surface area contributed by atoms with Gasteiger partial charge in [0.1, 0.15) is 11.5 Å². The molecular formula is C16H16O3. The highest BCUT2D eigenvalue weighted by atomic mass is 16.5. The van der Waals surface area contributed by atoms with Crippen LogP contribution in [-0.4, -0.2) is 6.61 Å². The third-order valence-corrected chi connectivity index (χ3v) is 2.48. The Labute approximate surface area is 112 Å². The molecule has 0 atom stereocenters. The van der Waals surface area contributed by atoms with Crippen LogP contribution in [0.1, 0.15) is 24.7 Å². The second kappa shape index (κ2) is 6.59. The summed E-state index contributed by atoms with van der Waals surface area (Å²) in [5.41, 5.74) is 0.645. The van der Waals surface area contributed by atoms with Gasteiger partial charge in [-0.3, -0.25) is 0 Å². The van der Waals surface area contributed by atoms with Crippen molar-refractivity contribution in [2.24, 2.45) is 0 Å². The highest BCUT2D eigenvalue weighted by Crippen LogP contribution is 2.13. The van der Waals surface area contributed by atoms with Crippen molar-refractivity contribution >= 4 is 12.2 Å². The summed E-state index contributed by atoms with van der Waals surface area (Å²) in [5.74, 6) is 1.04. The zero-order valence-electron chi connectivity index (χ0n) is 10.8. The molecular weight excluding hydrogens is 240 g/mol. The van der Waals surface area contributed by atoms with Gasteiger partial charge in [-0.15, -0.1) is 0 Å². The summed E-state index contributed by atoms with van der Waals surface area (Å²) in [5, 5.41) is 0. The molecule has 0 fully saturated rings. The minimum absolute atomic E-state index is 0.402. The molecule has 1 aromatic carbocycles. The zero-order valence-corrected chi connectivity index (χ0v) is 10.8. The van der Waals surface area contributed by atoms with Gasteiger partial charge in [0.05, 0.1) is 12.7 Å². The normalized spacial score (nSPS) is 10.8. The molecule has 2 rings (SSSR count). The second-order valence-corrected chi connectivity index (χ2v) is 4.11. The molecule has 3 heteroatoms. The topological polar surface area (TPSA) is 39.4 Å². The van der Waals surface area contributed by atoms with E-state index >= 15 is 0 Å². The van der Waals surface area contributed by atoms with Crippen molar-refractivity contribution in [2.75, 3.05) is 6.61 Å². The summed E-state index contributed by atoms with van der Waals surface area (Å²) in [6, 6.07) is 12.9. The lowest BCUT2D eigenvalue weighted by atomic mass is 10.2. The Bertz CT molecular complexity index is 597. The van der Waals surface area contributed by atoms with Crippen LogP contribution in [0.15, 0.2) is 51.7 Å². The molecule has 1 aromatic heterocycles. The van der Waals surface area contributed by atoms with Gasteiger partial charge >= 0.3 is 5.63 Å². The molecule has 0 saturated heterocycles. The van der Waals surface area contributed by atoms with Gasteiger partial charge in [-0.2, -0.15) is 0 Å². The van der Waals surface area contributed by atoms with Crippen molar-refractivity contribution in [3.8, 4) is 5.75 Å². The molecule has 0 spiro atoms. The van der Waals surface area contributed by atoms with Gasteiger partial charge in [-0.05, 0) is 18.1 Å². The van der Waals surface area contributed by atoms with Crippen molar-refractivity contribution in [3.05, 3.63) is 64.2 Å². The zero-order chi connectivity index (χ0) is 13.5. The molecule has 1 heterocycles. The highest BCUT2D eigenvalue weighted by Gasteiger charge is 2.00. The van der Waals surface area contributed by atoms with E-state index < -0.39 is 5.63 Å². The summed E-state index contributed by atoms with van der Waals surface area (Å²) in [6.45, 7) is 2.60. The van der Waals surface area contributed by atoms with Crippen LogP contribution in [0, 0.1) is 0 Å². The maximum Gasteiger partial charge on any atom is 0.339 e. The maximum atomic E-state index is 11.4. The molecule has 2 aromatic rings. The first-order valence-electron chi connectivity index (χ1n) is 6.29. The summed E-state index contributed by atoms with van der Waals surface area (Å²) in [7, 11) is 0. The Morgan fingerprint density at radius 1 is 1.16 bits per heavy atom. The minimum atomic E-state index is -0.402. The fraction of sp³-hybridized carbons (Fsp3) is 0.188. The first-order valence-corrected chi connectivity index (χ1v) is 6.29. The van der Waals surface area contributed by atoms with E-state index in [0.717, 1.165) is 12.0 Å². The molecule has 0 radical (unpaired) electrons. The van der Waals surface area contributed by atoms with E-state index in [9.17, 15) is 4.79 Å². The summed E-state index contributed by atoms with van der Waals surface area (Å²) >= 11 is 0. The Hall–Kier alpha value is -2.29. The lowest BCUT2D eigenvalue weighted by molar-refractivity contribution is 0.312. The Morgan fingerprint density at radius 2 is 1.95 bits per heavy atom. The van der Waals surface area contributed by atoms with Crippen LogP contribution in [-0.2, 0) is 0 Å². The fourth-order valence-electron chi connectivity index (χ4n) is 1.60. The van der Waals surface area contributed by atoms with E-state index in [4.69, 9.17) is 9.15 Å². The quantitative estimate of drug-likeness (QED) is 0.820. The molecule has 0 aliphatic rings. The number of hydrogen-bond donors (Lipinski definition) is 0. The fourth-order valence-corrected chi connectivity index (χ4v) is 1.60. The maximum absolute atomic E-state index is 11.4. The van der Waals surface area contributed by atoms with Crippen molar-refractivity contribution in [1.82, 2.24) is 0 Å². The van der Waals surface area contributed by atoms with Gasteiger partial charge in [0.25, 0.3) is 0 Å². The van der Waals surface area contributed by atoms with Gasteiger partial charge in [0.15, 0.2) is 0 Å².